The van der Waals surface area contributed by atoms with E-state index in [9.17, 15) is 4.79 Å². The first kappa shape index (κ1) is 14.5. The maximum Gasteiger partial charge on any atom is 0.241 e. The second-order valence-corrected chi connectivity index (χ2v) is 6.27. The van der Waals surface area contributed by atoms with Gasteiger partial charge in [0.1, 0.15) is 0 Å². The number of carbonyl (C=O) groups is 1. The number of carbonyl (C=O) groups excluding carboxylic acids is 1. The molecular formula is C17H25N3O. The number of nitrogens with zero attached hydrogens (tertiary/aromatic N) is 2. The van der Waals surface area contributed by atoms with Gasteiger partial charge in [0.2, 0.25) is 5.91 Å². The number of piperidine rings is 1. The number of amides is 1. The summed E-state index contributed by atoms with van der Waals surface area (Å²) in [6.07, 6.45) is 4.80. The summed E-state index contributed by atoms with van der Waals surface area (Å²) in [6, 6.07) is 8.79. The normalized spacial score (nSPS) is 21.6. The highest BCUT2D eigenvalue weighted by Crippen LogP contribution is 2.27. The lowest BCUT2D eigenvalue weighted by atomic mass is 10.0. The van der Waals surface area contributed by atoms with Crippen LogP contribution in [0.25, 0.3) is 0 Å². The minimum atomic E-state index is 0.221. The zero-order chi connectivity index (χ0) is 14.7. The van der Waals surface area contributed by atoms with Gasteiger partial charge in [0.25, 0.3) is 0 Å². The van der Waals surface area contributed by atoms with Gasteiger partial charge in [0.05, 0.1) is 6.54 Å². The van der Waals surface area contributed by atoms with Crippen molar-refractivity contribution in [2.75, 3.05) is 38.1 Å². The predicted octanol–water partition coefficient (Wildman–Crippen LogP) is 1.65. The third-order valence-corrected chi connectivity index (χ3v) is 4.54. The maximum absolute atomic E-state index is 12.5. The number of benzene rings is 1. The van der Waals surface area contributed by atoms with Crippen LogP contribution in [-0.4, -0.2) is 50.1 Å². The Morgan fingerprint density at radius 3 is 3.05 bits per heavy atom. The van der Waals surface area contributed by atoms with E-state index in [1.807, 2.05) is 17.0 Å². The first-order valence-electron chi connectivity index (χ1n) is 8.04. The molecule has 1 amide bonds. The molecule has 1 atom stereocenters. The van der Waals surface area contributed by atoms with E-state index in [4.69, 9.17) is 0 Å². The highest BCUT2D eigenvalue weighted by Gasteiger charge is 2.25. The number of hydrogen-bond acceptors (Lipinski definition) is 3. The van der Waals surface area contributed by atoms with Crippen LogP contribution in [0.2, 0.25) is 0 Å². The van der Waals surface area contributed by atoms with Gasteiger partial charge in [-0.2, -0.15) is 0 Å². The molecule has 1 aromatic rings. The van der Waals surface area contributed by atoms with E-state index in [1.165, 1.54) is 24.8 Å². The summed E-state index contributed by atoms with van der Waals surface area (Å²) in [5, 5.41) is 3.54. The molecule has 0 saturated carbocycles. The number of hydrogen-bond donors (Lipinski definition) is 1. The van der Waals surface area contributed by atoms with Crippen LogP contribution in [0.3, 0.4) is 0 Å². The van der Waals surface area contributed by atoms with E-state index in [0.29, 0.717) is 12.6 Å². The predicted molar refractivity (Wildman–Crippen MR) is 85.6 cm³/mol. The first-order valence-corrected chi connectivity index (χ1v) is 8.04. The summed E-state index contributed by atoms with van der Waals surface area (Å²) in [4.78, 5) is 16.6. The van der Waals surface area contributed by atoms with E-state index < -0.39 is 0 Å². The molecule has 2 heterocycles. The fourth-order valence-electron chi connectivity index (χ4n) is 3.43. The zero-order valence-electron chi connectivity index (χ0n) is 12.8. The average Bonchev–Trinajstić information content (AvgIpc) is 2.92. The summed E-state index contributed by atoms with van der Waals surface area (Å²) in [7, 11) is 2.05. The molecule has 0 aromatic heterocycles. The number of rotatable bonds is 4. The quantitative estimate of drug-likeness (QED) is 0.914. The molecular weight excluding hydrogens is 262 g/mol. The molecule has 1 saturated heterocycles. The number of para-hydroxylation sites is 1. The Morgan fingerprint density at radius 1 is 1.38 bits per heavy atom. The molecule has 1 aromatic carbocycles. The average molecular weight is 287 g/mol. The smallest absolute Gasteiger partial charge is 0.241 e. The molecule has 1 unspecified atom stereocenters. The van der Waals surface area contributed by atoms with Gasteiger partial charge in [-0.05, 0) is 44.5 Å². The Balaban J connectivity index is 1.54. The van der Waals surface area contributed by atoms with Crippen LogP contribution < -0.4 is 10.2 Å². The third kappa shape index (κ3) is 3.44. The standard InChI is InChI=1S/C17H25N3O/c1-19(12-15-7-4-5-10-18-15)13-17(21)20-11-9-14-6-2-3-8-16(14)20/h2-3,6,8,15,18H,4-5,7,9-13H2,1H3. The van der Waals surface area contributed by atoms with Crippen molar-refractivity contribution in [1.82, 2.24) is 10.2 Å². The summed E-state index contributed by atoms with van der Waals surface area (Å²) < 4.78 is 0. The third-order valence-electron chi connectivity index (χ3n) is 4.54. The highest BCUT2D eigenvalue weighted by atomic mass is 16.2. The number of anilines is 1. The lowest BCUT2D eigenvalue weighted by Crippen LogP contribution is -2.45. The van der Waals surface area contributed by atoms with Crippen molar-refractivity contribution in [2.45, 2.75) is 31.7 Å². The Labute approximate surface area is 127 Å². The van der Waals surface area contributed by atoms with Gasteiger partial charge in [0.15, 0.2) is 0 Å². The van der Waals surface area contributed by atoms with Gasteiger partial charge >= 0.3 is 0 Å². The van der Waals surface area contributed by atoms with Gasteiger partial charge in [-0.1, -0.05) is 24.6 Å². The van der Waals surface area contributed by atoms with E-state index in [1.54, 1.807) is 0 Å². The molecule has 1 fully saturated rings. The molecule has 0 radical (unpaired) electrons. The Morgan fingerprint density at radius 2 is 2.24 bits per heavy atom. The largest absolute Gasteiger partial charge is 0.313 e. The number of fused-ring (bicyclic) bond motifs is 1. The maximum atomic E-state index is 12.5. The minimum Gasteiger partial charge on any atom is -0.313 e. The van der Waals surface area contributed by atoms with Crippen LogP contribution in [0.15, 0.2) is 24.3 Å². The van der Waals surface area contributed by atoms with Gasteiger partial charge < -0.3 is 10.2 Å². The number of nitrogens with one attached hydrogen (secondary N) is 1. The number of likely N-dealkylation sites (N-methyl/N-ethyl adjacent to an activating group) is 1. The summed E-state index contributed by atoms with van der Waals surface area (Å²) in [5.41, 5.74) is 2.40. The highest BCUT2D eigenvalue weighted by molar-refractivity contribution is 5.96. The van der Waals surface area contributed by atoms with Crippen molar-refractivity contribution in [2.24, 2.45) is 0 Å². The lowest BCUT2D eigenvalue weighted by molar-refractivity contribution is -0.119. The Hall–Kier alpha value is -1.39. The molecule has 0 aliphatic carbocycles. The van der Waals surface area contributed by atoms with Gasteiger partial charge in [-0.3, -0.25) is 9.69 Å². The molecule has 4 nitrogen and oxygen atoms in total. The van der Waals surface area contributed by atoms with E-state index in [0.717, 1.165) is 31.7 Å². The first-order chi connectivity index (χ1) is 10.2. The van der Waals surface area contributed by atoms with E-state index in [-0.39, 0.29) is 5.91 Å². The van der Waals surface area contributed by atoms with Crippen molar-refractivity contribution in [1.29, 1.82) is 0 Å². The van der Waals surface area contributed by atoms with Crippen molar-refractivity contribution < 1.29 is 4.79 Å². The second kappa shape index (κ2) is 6.58. The van der Waals surface area contributed by atoms with Crippen LogP contribution in [-0.2, 0) is 11.2 Å². The molecule has 3 rings (SSSR count). The van der Waals surface area contributed by atoms with Crippen LogP contribution in [0.4, 0.5) is 5.69 Å². The molecule has 2 aliphatic heterocycles. The molecule has 1 N–H and O–H groups in total. The SMILES string of the molecule is CN(CC(=O)N1CCc2ccccc21)CC1CCCCN1. The summed E-state index contributed by atoms with van der Waals surface area (Å²) in [6.45, 7) is 3.41. The van der Waals surface area contributed by atoms with Crippen LogP contribution in [0, 0.1) is 0 Å². The Kier molecular flexibility index (Phi) is 4.56. The van der Waals surface area contributed by atoms with Gasteiger partial charge in [-0.25, -0.2) is 0 Å². The second-order valence-electron chi connectivity index (χ2n) is 6.27. The summed E-state index contributed by atoms with van der Waals surface area (Å²) in [5.74, 6) is 0.221. The molecule has 0 spiro atoms. The fraction of sp³-hybridized carbons (Fsp3) is 0.588. The van der Waals surface area contributed by atoms with E-state index >= 15 is 0 Å². The van der Waals surface area contributed by atoms with Gasteiger partial charge in [0, 0.05) is 24.8 Å². The van der Waals surface area contributed by atoms with E-state index in [2.05, 4.69) is 29.4 Å². The zero-order valence-corrected chi connectivity index (χ0v) is 12.8. The molecule has 4 heteroatoms. The van der Waals surface area contributed by atoms with Crippen molar-refractivity contribution in [3.05, 3.63) is 29.8 Å². The molecule has 0 bridgehead atoms. The van der Waals surface area contributed by atoms with Crippen LogP contribution in [0.1, 0.15) is 24.8 Å². The fourth-order valence-corrected chi connectivity index (χ4v) is 3.43. The molecule has 2 aliphatic rings. The van der Waals surface area contributed by atoms with Crippen molar-refractivity contribution in [3.8, 4) is 0 Å². The molecule has 21 heavy (non-hydrogen) atoms. The Bertz CT molecular complexity index is 497. The van der Waals surface area contributed by atoms with Crippen LogP contribution >= 0.6 is 0 Å². The van der Waals surface area contributed by atoms with Crippen molar-refractivity contribution >= 4 is 11.6 Å². The minimum absolute atomic E-state index is 0.221. The van der Waals surface area contributed by atoms with Crippen LogP contribution in [0.5, 0.6) is 0 Å². The van der Waals surface area contributed by atoms with Gasteiger partial charge in [-0.15, -0.1) is 0 Å². The summed E-state index contributed by atoms with van der Waals surface area (Å²) >= 11 is 0. The monoisotopic (exact) mass is 287 g/mol. The van der Waals surface area contributed by atoms with Crippen molar-refractivity contribution in [3.63, 3.8) is 0 Å². The topological polar surface area (TPSA) is 35.6 Å². The molecule has 114 valence electrons. The lowest BCUT2D eigenvalue weighted by Gasteiger charge is -2.29.